The van der Waals surface area contributed by atoms with Crippen LogP contribution >= 0.6 is 23.6 Å². The number of hydrogen-bond acceptors (Lipinski definition) is 5. The molecule has 0 aliphatic heterocycles. The SMILES string of the molecule is CC(CNS(=O)(=O)C(C)C(N)=S)c1nccs1. The van der Waals surface area contributed by atoms with Crippen LogP contribution in [0.1, 0.15) is 24.8 Å². The van der Waals surface area contributed by atoms with Crippen LogP contribution in [-0.4, -0.2) is 30.2 Å². The van der Waals surface area contributed by atoms with E-state index in [0.717, 1.165) is 5.01 Å². The fraction of sp³-hybridized carbons (Fsp3) is 0.556. The Bertz CT molecular complexity index is 470. The summed E-state index contributed by atoms with van der Waals surface area (Å²) in [5, 5.41) is 1.90. The van der Waals surface area contributed by atoms with Crippen molar-refractivity contribution in [3.8, 4) is 0 Å². The van der Waals surface area contributed by atoms with Crippen LogP contribution in [0.4, 0.5) is 0 Å². The molecule has 0 aliphatic carbocycles. The molecule has 3 N–H and O–H groups in total. The largest absolute Gasteiger partial charge is 0.392 e. The highest BCUT2D eigenvalue weighted by Crippen LogP contribution is 2.16. The van der Waals surface area contributed by atoms with E-state index in [1.54, 1.807) is 6.20 Å². The molecule has 2 unspecified atom stereocenters. The third-order valence-corrected chi connectivity index (χ3v) is 5.59. The van der Waals surface area contributed by atoms with E-state index < -0.39 is 15.3 Å². The number of rotatable bonds is 6. The predicted octanol–water partition coefficient (Wildman–Crippen LogP) is 0.841. The van der Waals surface area contributed by atoms with Crippen molar-refractivity contribution in [2.75, 3.05) is 6.54 Å². The Hall–Kier alpha value is -0.570. The van der Waals surface area contributed by atoms with Crippen molar-refractivity contribution in [1.29, 1.82) is 0 Å². The summed E-state index contributed by atoms with van der Waals surface area (Å²) in [6.45, 7) is 3.67. The van der Waals surface area contributed by atoms with Gasteiger partial charge in [0.05, 0.1) is 10.00 Å². The highest BCUT2D eigenvalue weighted by molar-refractivity contribution is 7.93. The summed E-state index contributed by atoms with van der Waals surface area (Å²) in [6.07, 6.45) is 1.70. The summed E-state index contributed by atoms with van der Waals surface area (Å²) in [5.41, 5.74) is 5.33. The van der Waals surface area contributed by atoms with Crippen molar-refractivity contribution in [3.63, 3.8) is 0 Å². The molecule has 0 radical (unpaired) electrons. The third kappa shape index (κ3) is 3.98. The third-order valence-electron chi connectivity index (χ3n) is 2.33. The molecule has 96 valence electrons. The number of sulfonamides is 1. The van der Waals surface area contributed by atoms with Gasteiger partial charge in [-0.15, -0.1) is 11.3 Å². The zero-order chi connectivity index (χ0) is 13.1. The van der Waals surface area contributed by atoms with E-state index in [4.69, 9.17) is 5.73 Å². The molecular weight excluding hydrogens is 278 g/mol. The van der Waals surface area contributed by atoms with Crippen molar-refractivity contribution in [2.45, 2.75) is 25.0 Å². The highest BCUT2D eigenvalue weighted by Gasteiger charge is 2.23. The topological polar surface area (TPSA) is 85.1 Å². The van der Waals surface area contributed by atoms with Crippen molar-refractivity contribution < 1.29 is 8.42 Å². The molecule has 0 fully saturated rings. The lowest BCUT2D eigenvalue weighted by atomic mass is 10.2. The first-order valence-corrected chi connectivity index (χ1v) is 7.85. The van der Waals surface area contributed by atoms with Gasteiger partial charge in [0.25, 0.3) is 0 Å². The molecule has 0 bridgehead atoms. The molecule has 0 aliphatic rings. The van der Waals surface area contributed by atoms with Crippen LogP contribution in [0.2, 0.25) is 0 Å². The van der Waals surface area contributed by atoms with Gasteiger partial charge in [-0.05, 0) is 6.92 Å². The summed E-state index contributed by atoms with van der Waals surface area (Å²) in [4.78, 5) is 4.10. The number of nitrogens with one attached hydrogen (secondary N) is 1. The van der Waals surface area contributed by atoms with E-state index in [1.807, 2.05) is 12.3 Å². The first-order chi connectivity index (χ1) is 7.84. The molecule has 0 saturated heterocycles. The Morgan fingerprint density at radius 2 is 2.29 bits per heavy atom. The lowest BCUT2D eigenvalue weighted by molar-refractivity contribution is 0.571. The quantitative estimate of drug-likeness (QED) is 0.759. The minimum Gasteiger partial charge on any atom is -0.392 e. The smallest absolute Gasteiger partial charge is 0.220 e. The molecule has 0 aromatic carbocycles. The number of thiazole rings is 1. The fourth-order valence-corrected chi connectivity index (χ4v) is 3.20. The summed E-state index contributed by atoms with van der Waals surface area (Å²) < 4.78 is 26.0. The van der Waals surface area contributed by atoms with Gasteiger partial charge in [0.1, 0.15) is 5.25 Å². The van der Waals surface area contributed by atoms with Crippen molar-refractivity contribution in [2.24, 2.45) is 5.73 Å². The number of nitrogens with two attached hydrogens (primary N) is 1. The maximum absolute atomic E-state index is 11.8. The Balaban J connectivity index is 2.59. The minimum atomic E-state index is -3.49. The Labute approximate surface area is 110 Å². The lowest BCUT2D eigenvalue weighted by Gasteiger charge is -2.14. The summed E-state index contributed by atoms with van der Waals surface area (Å²) in [5.74, 6) is 0.0309. The molecule has 8 heteroatoms. The molecular formula is C9H15N3O2S3. The monoisotopic (exact) mass is 293 g/mol. The lowest BCUT2D eigenvalue weighted by Crippen LogP contribution is -2.41. The second-order valence-corrected chi connectivity index (χ2v) is 7.19. The van der Waals surface area contributed by atoms with Gasteiger partial charge in [0.2, 0.25) is 10.0 Å². The Morgan fingerprint density at radius 1 is 1.65 bits per heavy atom. The standard InChI is InChI=1S/C9H15N3O2S3/c1-6(9-11-3-4-16-9)5-12-17(13,14)7(2)8(10)15/h3-4,6-7,12H,5H2,1-2H3,(H2,10,15). The molecule has 0 saturated carbocycles. The van der Waals surface area contributed by atoms with Crippen LogP contribution in [0.25, 0.3) is 0 Å². The van der Waals surface area contributed by atoms with Gasteiger partial charge < -0.3 is 5.73 Å². The summed E-state index contributed by atoms with van der Waals surface area (Å²) in [7, 11) is -3.49. The second kappa shape index (κ2) is 5.85. The van der Waals surface area contributed by atoms with Crippen molar-refractivity contribution in [3.05, 3.63) is 16.6 Å². The number of thiocarbonyl (C=S) groups is 1. The summed E-state index contributed by atoms with van der Waals surface area (Å²) in [6, 6.07) is 0. The molecule has 17 heavy (non-hydrogen) atoms. The maximum Gasteiger partial charge on any atom is 0.220 e. The first kappa shape index (κ1) is 14.5. The zero-order valence-corrected chi connectivity index (χ0v) is 12.0. The van der Waals surface area contributed by atoms with E-state index in [-0.39, 0.29) is 10.9 Å². The van der Waals surface area contributed by atoms with Gasteiger partial charge in [-0.1, -0.05) is 19.1 Å². The molecule has 0 spiro atoms. The van der Waals surface area contributed by atoms with Gasteiger partial charge in [-0.25, -0.2) is 18.1 Å². The van der Waals surface area contributed by atoms with Crippen LogP contribution in [0.3, 0.4) is 0 Å². The molecule has 2 atom stereocenters. The van der Waals surface area contributed by atoms with Crippen LogP contribution in [0.5, 0.6) is 0 Å². The number of aromatic nitrogens is 1. The predicted molar refractivity (Wildman–Crippen MR) is 73.7 cm³/mol. The van der Waals surface area contributed by atoms with Crippen molar-refractivity contribution >= 4 is 38.6 Å². The maximum atomic E-state index is 11.8. The molecule has 1 rings (SSSR count). The van der Waals surface area contributed by atoms with Gasteiger partial charge in [-0.3, -0.25) is 0 Å². The van der Waals surface area contributed by atoms with E-state index in [2.05, 4.69) is 21.9 Å². The van der Waals surface area contributed by atoms with Gasteiger partial charge in [0, 0.05) is 24.0 Å². The average Bonchev–Trinajstić information content (AvgIpc) is 2.78. The van der Waals surface area contributed by atoms with E-state index in [0.29, 0.717) is 6.54 Å². The van der Waals surface area contributed by atoms with Gasteiger partial charge in [-0.2, -0.15) is 0 Å². The van der Waals surface area contributed by atoms with Crippen LogP contribution in [-0.2, 0) is 10.0 Å². The van der Waals surface area contributed by atoms with Gasteiger partial charge >= 0.3 is 0 Å². The molecule has 1 aromatic heterocycles. The average molecular weight is 293 g/mol. The van der Waals surface area contributed by atoms with E-state index in [1.165, 1.54) is 18.3 Å². The molecule has 1 heterocycles. The van der Waals surface area contributed by atoms with Crippen LogP contribution in [0, 0.1) is 0 Å². The summed E-state index contributed by atoms with van der Waals surface area (Å²) >= 11 is 6.17. The minimum absolute atomic E-state index is 0.0283. The Kier molecular flexibility index (Phi) is 4.99. The van der Waals surface area contributed by atoms with Gasteiger partial charge in [0.15, 0.2) is 0 Å². The number of hydrogen-bond donors (Lipinski definition) is 2. The van der Waals surface area contributed by atoms with E-state index >= 15 is 0 Å². The molecule has 0 amide bonds. The second-order valence-electron chi connectivity index (χ2n) is 3.71. The fourth-order valence-electron chi connectivity index (χ4n) is 1.08. The van der Waals surface area contributed by atoms with Crippen molar-refractivity contribution in [1.82, 2.24) is 9.71 Å². The zero-order valence-electron chi connectivity index (χ0n) is 9.58. The van der Waals surface area contributed by atoms with E-state index in [9.17, 15) is 8.42 Å². The molecule has 1 aromatic rings. The van der Waals surface area contributed by atoms with Crippen LogP contribution in [0.15, 0.2) is 11.6 Å². The normalized spacial score (nSPS) is 15.4. The highest BCUT2D eigenvalue weighted by atomic mass is 32.2. The number of nitrogens with zero attached hydrogens (tertiary/aromatic N) is 1. The molecule has 5 nitrogen and oxygen atoms in total. The van der Waals surface area contributed by atoms with Crippen LogP contribution < -0.4 is 10.5 Å². The Morgan fingerprint density at radius 3 is 2.76 bits per heavy atom. The first-order valence-electron chi connectivity index (χ1n) is 5.01.